The highest BCUT2D eigenvalue weighted by atomic mass is 16.5. The molecule has 0 atom stereocenters. The molecule has 0 aliphatic carbocycles. The van der Waals surface area contributed by atoms with Crippen molar-refractivity contribution in [2.45, 2.75) is 19.4 Å². The molecular formula is C18H25N5O. The van der Waals surface area contributed by atoms with Crippen LogP contribution >= 0.6 is 0 Å². The Balaban J connectivity index is 1.77. The maximum absolute atomic E-state index is 5.37. The molecule has 0 fully saturated rings. The van der Waals surface area contributed by atoms with Gasteiger partial charge in [-0.05, 0) is 57.9 Å². The van der Waals surface area contributed by atoms with Crippen LogP contribution in [0.1, 0.15) is 22.8 Å². The highest BCUT2D eigenvalue weighted by Crippen LogP contribution is 2.22. The van der Waals surface area contributed by atoms with E-state index in [4.69, 9.17) is 4.52 Å². The molecule has 2 heterocycles. The van der Waals surface area contributed by atoms with Crippen LogP contribution in [0.2, 0.25) is 0 Å². The topological polar surface area (TPSA) is 61.2 Å². The molecule has 0 amide bonds. The Morgan fingerprint density at radius 3 is 2.71 bits per heavy atom. The Labute approximate surface area is 142 Å². The molecule has 0 spiro atoms. The van der Waals surface area contributed by atoms with Crippen molar-refractivity contribution < 1.29 is 4.52 Å². The van der Waals surface area contributed by atoms with Gasteiger partial charge in [0.1, 0.15) is 0 Å². The molecule has 6 heteroatoms. The zero-order valence-corrected chi connectivity index (χ0v) is 14.8. The molecule has 1 N–H and O–H groups in total. The van der Waals surface area contributed by atoms with Crippen LogP contribution < -0.4 is 0 Å². The second-order valence-electron chi connectivity index (χ2n) is 6.77. The smallest absolute Gasteiger partial charge is 0.231 e. The maximum atomic E-state index is 5.37. The van der Waals surface area contributed by atoms with Crippen LogP contribution in [-0.4, -0.2) is 59.7 Å². The fraction of sp³-hybridized carbons (Fsp3) is 0.444. The molecule has 0 aliphatic heterocycles. The average molecular weight is 327 g/mol. The number of rotatable bonds is 7. The molecule has 24 heavy (non-hydrogen) atoms. The van der Waals surface area contributed by atoms with Gasteiger partial charge in [0.05, 0.1) is 13.0 Å². The van der Waals surface area contributed by atoms with Crippen molar-refractivity contribution in [1.29, 1.82) is 0 Å². The first-order valence-electron chi connectivity index (χ1n) is 8.21. The minimum Gasteiger partial charge on any atom is -0.361 e. The summed E-state index contributed by atoms with van der Waals surface area (Å²) in [5, 5.41) is 5.31. The molecule has 0 saturated heterocycles. The largest absolute Gasteiger partial charge is 0.361 e. The van der Waals surface area contributed by atoms with Crippen molar-refractivity contribution in [3.8, 4) is 0 Å². The van der Waals surface area contributed by atoms with E-state index in [1.807, 2.05) is 19.0 Å². The third-order valence-electron chi connectivity index (χ3n) is 3.98. The van der Waals surface area contributed by atoms with E-state index in [1.54, 1.807) is 0 Å². The molecule has 0 aliphatic rings. The monoisotopic (exact) mass is 327 g/mol. The second-order valence-corrected chi connectivity index (χ2v) is 6.77. The lowest BCUT2D eigenvalue weighted by Crippen LogP contribution is -2.14. The molecular weight excluding hydrogens is 302 g/mol. The van der Waals surface area contributed by atoms with Gasteiger partial charge in [0.25, 0.3) is 0 Å². The van der Waals surface area contributed by atoms with Gasteiger partial charge in [0, 0.05) is 23.6 Å². The Bertz CT molecular complexity index is 803. The molecule has 3 aromatic rings. The molecule has 0 radical (unpaired) electrons. The third kappa shape index (κ3) is 4.01. The van der Waals surface area contributed by atoms with Gasteiger partial charge in [0.2, 0.25) is 5.89 Å². The summed E-state index contributed by atoms with van der Waals surface area (Å²) in [6.07, 6.45) is 3.80. The predicted octanol–water partition coefficient (Wildman–Crippen LogP) is 2.31. The van der Waals surface area contributed by atoms with Crippen molar-refractivity contribution in [1.82, 2.24) is 24.9 Å². The van der Waals surface area contributed by atoms with Crippen molar-refractivity contribution in [2.75, 3.05) is 34.7 Å². The summed E-state index contributed by atoms with van der Waals surface area (Å²) in [7, 11) is 8.18. The van der Waals surface area contributed by atoms with Crippen molar-refractivity contribution in [2.24, 2.45) is 0 Å². The minimum absolute atomic E-state index is 0.661. The first-order valence-corrected chi connectivity index (χ1v) is 8.21. The molecule has 3 rings (SSSR count). The van der Waals surface area contributed by atoms with Gasteiger partial charge in [0.15, 0.2) is 5.82 Å². The SMILES string of the molecule is CN(C)CCc1c[nH]c2ccc(Cc3nc(CN(C)C)no3)cc12. The van der Waals surface area contributed by atoms with E-state index in [0.29, 0.717) is 18.9 Å². The minimum atomic E-state index is 0.661. The van der Waals surface area contributed by atoms with E-state index < -0.39 is 0 Å². The third-order valence-corrected chi connectivity index (χ3v) is 3.98. The number of hydrogen-bond acceptors (Lipinski definition) is 5. The Kier molecular flexibility index (Phi) is 4.97. The number of nitrogens with one attached hydrogen (secondary N) is 1. The van der Waals surface area contributed by atoms with Crippen LogP contribution in [0.5, 0.6) is 0 Å². The fourth-order valence-electron chi connectivity index (χ4n) is 2.77. The number of nitrogens with zero attached hydrogens (tertiary/aromatic N) is 4. The Morgan fingerprint density at radius 2 is 1.96 bits per heavy atom. The number of H-pyrrole nitrogens is 1. The summed E-state index contributed by atoms with van der Waals surface area (Å²) in [4.78, 5) is 12.0. The van der Waals surface area contributed by atoms with Crippen LogP contribution in [-0.2, 0) is 19.4 Å². The van der Waals surface area contributed by atoms with E-state index >= 15 is 0 Å². The number of likely N-dealkylation sites (N-methyl/N-ethyl adjacent to an activating group) is 1. The molecule has 128 valence electrons. The van der Waals surface area contributed by atoms with Gasteiger partial charge >= 0.3 is 0 Å². The standard InChI is InChI=1S/C18H25N5O/c1-22(2)8-7-14-11-19-16-6-5-13(9-15(14)16)10-18-20-17(21-24-18)12-23(3)4/h5-6,9,11,19H,7-8,10,12H2,1-4H3. The molecule has 0 saturated carbocycles. The number of benzene rings is 1. The van der Waals surface area contributed by atoms with E-state index in [9.17, 15) is 0 Å². The van der Waals surface area contributed by atoms with E-state index in [0.717, 1.165) is 18.8 Å². The molecule has 0 unspecified atom stereocenters. The van der Waals surface area contributed by atoms with Gasteiger partial charge in [-0.1, -0.05) is 11.2 Å². The van der Waals surface area contributed by atoms with E-state index in [1.165, 1.54) is 22.0 Å². The lowest BCUT2D eigenvalue weighted by Gasteiger charge is -2.08. The maximum Gasteiger partial charge on any atom is 0.231 e. The van der Waals surface area contributed by atoms with Gasteiger partial charge in [-0.3, -0.25) is 0 Å². The van der Waals surface area contributed by atoms with Crippen LogP contribution in [0.3, 0.4) is 0 Å². The summed E-state index contributed by atoms with van der Waals surface area (Å²) in [6.45, 7) is 1.73. The van der Waals surface area contributed by atoms with Crippen LogP contribution in [0.25, 0.3) is 10.9 Å². The normalized spacial score (nSPS) is 11.9. The zero-order valence-electron chi connectivity index (χ0n) is 14.8. The molecule has 2 aromatic heterocycles. The molecule has 6 nitrogen and oxygen atoms in total. The predicted molar refractivity (Wildman–Crippen MR) is 95.1 cm³/mol. The number of hydrogen-bond donors (Lipinski definition) is 1. The first-order chi connectivity index (χ1) is 11.5. The summed E-state index contributed by atoms with van der Waals surface area (Å²) in [5.74, 6) is 1.39. The van der Waals surface area contributed by atoms with Crippen LogP contribution in [0, 0.1) is 0 Å². The second kappa shape index (κ2) is 7.15. The molecule has 0 bridgehead atoms. The summed E-state index contributed by atoms with van der Waals surface area (Å²) >= 11 is 0. The number of aromatic amines is 1. The van der Waals surface area contributed by atoms with Gasteiger partial charge in [-0.25, -0.2) is 0 Å². The lowest BCUT2D eigenvalue weighted by molar-refractivity contribution is 0.352. The van der Waals surface area contributed by atoms with Crippen molar-refractivity contribution in [3.05, 3.63) is 47.2 Å². The van der Waals surface area contributed by atoms with Crippen molar-refractivity contribution >= 4 is 10.9 Å². The van der Waals surface area contributed by atoms with Crippen LogP contribution in [0.4, 0.5) is 0 Å². The van der Waals surface area contributed by atoms with Crippen LogP contribution in [0.15, 0.2) is 28.9 Å². The first kappa shape index (κ1) is 16.7. The Hall–Kier alpha value is -2.18. The van der Waals surface area contributed by atoms with Gasteiger partial charge in [-0.15, -0.1) is 0 Å². The summed E-state index contributed by atoms with van der Waals surface area (Å²) in [5.41, 5.74) is 3.71. The Morgan fingerprint density at radius 1 is 1.12 bits per heavy atom. The highest BCUT2D eigenvalue weighted by Gasteiger charge is 2.10. The van der Waals surface area contributed by atoms with Gasteiger partial charge in [-0.2, -0.15) is 4.98 Å². The van der Waals surface area contributed by atoms with Crippen molar-refractivity contribution in [3.63, 3.8) is 0 Å². The molecule has 1 aromatic carbocycles. The fourth-order valence-corrected chi connectivity index (χ4v) is 2.77. The lowest BCUT2D eigenvalue weighted by atomic mass is 10.1. The highest BCUT2D eigenvalue weighted by molar-refractivity contribution is 5.84. The average Bonchev–Trinajstić information content (AvgIpc) is 3.11. The van der Waals surface area contributed by atoms with E-state index in [-0.39, 0.29) is 0 Å². The number of aromatic nitrogens is 3. The summed E-state index contributed by atoms with van der Waals surface area (Å²) < 4.78 is 5.37. The van der Waals surface area contributed by atoms with Gasteiger partial charge < -0.3 is 19.3 Å². The van der Waals surface area contributed by atoms with E-state index in [2.05, 4.69) is 58.5 Å². The zero-order chi connectivity index (χ0) is 17.1. The number of fused-ring (bicyclic) bond motifs is 1. The summed E-state index contributed by atoms with van der Waals surface area (Å²) in [6, 6.07) is 6.47. The quantitative estimate of drug-likeness (QED) is 0.721.